The second-order valence-corrected chi connectivity index (χ2v) is 5.48. The van der Waals surface area contributed by atoms with Crippen molar-refractivity contribution in [3.63, 3.8) is 0 Å². The van der Waals surface area contributed by atoms with Crippen molar-refractivity contribution in [3.05, 3.63) is 41.5 Å². The Labute approximate surface area is 121 Å². The van der Waals surface area contributed by atoms with Gasteiger partial charge in [0.15, 0.2) is 0 Å². The summed E-state index contributed by atoms with van der Waals surface area (Å²) in [5.41, 5.74) is 3.38. The Morgan fingerprint density at radius 3 is 3.00 bits per heavy atom. The molecule has 0 spiro atoms. The Morgan fingerprint density at radius 2 is 2.30 bits per heavy atom. The molecular weight excluding hydrogens is 250 g/mol. The first-order chi connectivity index (χ1) is 9.61. The lowest BCUT2D eigenvalue weighted by molar-refractivity contribution is -0.117. The summed E-state index contributed by atoms with van der Waals surface area (Å²) in [5.74, 6) is 1.38. The van der Waals surface area contributed by atoms with Gasteiger partial charge in [0.1, 0.15) is 5.75 Å². The first-order valence-electron chi connectivity index (χ1n) is 7.22. The Hall–Kier alpha value is -1.77. The van der Waals surface area contributed by atoms with Crippen molar-refractivity contribution in [2.24, 2.45) is 0 Å². The third-order valence-electron chi connectivity index (χ3n) is 3.96. The molecule has 1 amide bonds. The van der Waals surface area contributed by atoms with Crippen molar-refractivity contribution in [1.82, 2.24) is 5.32 Å². The highest BCUT2D eigenvalue weighted by molar-refractivity contribution is 5.92. The van der Waals surface area contributed by atoms with E-state index in [0.29, 0.717) is 18.0 Å². The molecule has 108 valence electrons. The van der Waals surface area contributed by atoms with Gasteiger partial charge >= 0.3 is 0 Å². The highest BCUT2D eigenvalue weighted by atomic mass is 16.5. The summed E-state index contributed by atoms with van der Waals surface area (Å²) >= 11 is 0. The maximum Gasteiger partial charge on any atom is 0.246 e. The van der Waals surface area contributed by atoms with E-state index in [9.17, 15) is 4.79 Å². The first-order valence-corrected chi connectivity index (χ1v) is 7.22. The van der Waals surface area contributed by atoms with E-state index in [1.165, 1.54) is 24.0 Å². The number of amides is 1. The molecule has 20 heavy (non-hydrogen) atoms. The fourth-order valence-electron chi connectivity index (χ4n) is 2.81. The molecule has 0 aliphatic heterocycles. The number of rotatable bonds is 5. The first kappa shape index (κ1) is 14.6. The van der Waals surface area contributed by atoms with Gasteiger partial charge in [0, 0.05) is 12.1 Å². The van der Waals surface area contributed by atoms with Gasteiger partial charge in [-0.1, -0.05) is 12.6 Å². The lowest BCUT2D eigenvalue weighted by Gasteiger charge is -2.26. The van der Waals surface area contributed by atoms with E-state index < -0.39 is 0 Å². The van der Waals surface area contributed by atoms with Crippen LogP contribution in [-0.2, 0) is 11.2 Å². The van der Waals surface area contributed by atoms with E-state index in [2.05, 4.69) is 24.0 Å². The Balaban J connectivity index is 2.00. The second-order valence-electron chi connectivity index (χ2n) is 5.48. The number of fused-ring (bicyclic) bond motifs is 1. The monoisotopic (exact) mass is 273 g/mol. The molecule has 0 bridgehead atoms. The lowest BCUT2D eigenvalue weighted by Crippen LogP contribution is -2.26. The summed E-state index contributed by atoms with van der Waals surface area (Å²) in [4.78, 5) is 11.5. The predicted octanol–water partition coefficient (Wildman–Crippen LogP) is 3.20. The minimum Gasteiger partial charge on any atom is -0.497 e. The Kier molecular flexibility index (Phi) is 4.83. The van der Waals surface area contributed by atoms with Crippen LogP contribution in [-0.4, -0.2) is 19.6 Å². The van der Waals surface area contributed by atoms with Crippen molar-refractivity contribution in [3.8, 4) is 5.75 Å². The summed E-state index contributed by atoms with van der Waals surface area (Å²) in [6.45, 7) is 6.08. The van der Waals surface area contributed by atoms with Crippen LogP contribution >= 0.6 is 0 Å². The quantitative estimate of drug-likeness (QED) is 0.837. The zero-order chi connectivity index (χ0) is 14.5. The molecule has 1 aliphatic rings. The van der Waals surface area contributed by atoms with Crippen LogP contribution in [0.2, 0.25) is 0 Å². The molecule has 0 fully saturated rings. The van der Waals surface area contributed by atoms with Crippen LogP contribution in [0.5, 0.6) is 5.75 Å². The topological polar surface area (TPSA) is 38.3 Å². The van der Waals surface area contributed by atoms with E-state index >= 15 is 0 Å². The van der Waals surface area contributed by atoms with Gasteiger partial charge in [-0.15, -0.1) is 0 Å². The Bertz CT molecular complexity index is 508. The van der Waals surface area contributed by atoms with Crippen LogP contribution < -0.4 is 10.1 Å². The van der Waals surface area contributed by atoms with E-state index in [-0.39, 0.29) is 5.91 Å². The zero-order valence-electron chi connectivity index (χ0n) is 12.4. The van der Waals surface area contributed by atoms with Gasteiger partial charge in [0.05, 0.1) is 7.11 Å². The normalized spacial score (nSPS) is 17.2. The van der Waals surface area contributed by atoms with Crippen LogP contribution in [0, 0.1) is 0 Å². The van der Waals surface area contributed by atoms with Gasteiger partial charge in [0.25, 0.3) is 0 Å². The molecule has 1 atom stereocenters. The third-order valence-corrected chi connectivity index (χ3v) is 3.96. The predicted molar refractivity (Wildman–Crippen MR) is 81.1 cm³/mol. The number of hydrogen-bond acceptors (Lipinski definition) is 2. The van der Waals surface area contributed by atoms with Crippen molar-refractivity contribution in [1.29, 1.82) is 0 Å². The summed E-state index contributed by atoms with van der Waals surface area (Å²) in [7, 11) is 1.70. The van der Waals surface area contributed by atoms with Crippen molar-refractivity contribution < 1.29 is 9.53 Å². The molecule has 1 aliphatic carbocycles. The summed E-state index contributed by atoms with van der Waals surface area (Å²) in [6, 6.07) is 6.36. The number of hydrogen-bond donors (Lipinski definition) is 1. The summed E-state index contributed by atoms with van der Waals surface area (Å²) in [5, 5.41) is 2.92. The molecule has 2 rings (SSSR count). The van der Waals surface area contributed by atoms with E-state index in [1.54, 1.807) is 14.0 Å². The molecular formula is C17H23NO2. The SMILES string of the molecule is C=C(C)C(=O)NCCC1CCCc2ccc(OC)cc21. The molecule has 0 aromatic heterocycles. The zero-order valence-corrected chi connectivity index (χ0v) is 12.4. The van der Waals surface area contributed by atoms with Crippen LogP contribution in [0.3, 0.4) is 0 Å². The molecule has 3 nitrogen and oxygen atoms in total. The van der Waals surface area contributed by atoms with Crippen LogP contribution in [0.1, 0.15) is 43.2 Å². The number of benzene rings is 1. The number of carbonyl (C=O) groups excluding carboxylic acids is 1. The van der Waals surface area contributed by atoms with Gasteiger partial charge in [-0.25, -0.2) is 0 Å². The van der Waals surface area contributed by atoms with Crippen LogP contribution in [0.15, 0.2) is 30.4 Å². The molecule has 0 radical (unpaired) electrons. The van der Waals surface area contributed by atoms with Crippen molar-refractivity contribution in [2.45, 2.75) is 38.5 Å². The standard InChI is InChI=1S/C17H23NO2/c1-12(2)17(19)18-10-9-14-6-4-5-13-7-8-15(20-3)11-16(13)14/h7-8,11,14H,1,4-6,9-10H2,2-3H3,(H,18,19). The van der Waals surface area contributed by atoms with Crippen molar-refractivity contribution >= 4 is 5.91 Å². The van der Waals surface area contributed by atoms with E-state index in [0.717, 1.165) is 18.6 Å². The molecule has 0 saturated heterocycles. The lowest BCUT2D eigenvalue weighted by atomic mass is 9.81. The number of nitrogens with one attached hydrogen (secondary N) is 1. The van der Waals surface area contributed by atoms with E-state index in [1.807, 2.05) is 6.07 Å². The molecule has 1 unspecified atom stereocenters. The van der Waals surface area contributed by atoms with E-state index in [4.69, 9.17) is 4.74 Å². The largest absolute Gasteiger partial charge is 0.497 e. The molecule has 1 aromatic carbocycles. The summed E-state index contributed by atoms with van der Waals surface area (Å²) in [6.07, 6.45) is 4.52. The maximum atomic E-state index is 11.5. The van der Waals surface area contributed by atoms with Gasteiger partial charge in [-0.3, -0.25) is 4.79 Å². The van der Waals surface area contributed by atoms with Gasteiger partial charge in [-0.2, -0.15) is 0 Å². The van der Waals surface area contributed by atoms with Crippen LogP contribution in [0.4, 0.5) is 0 Å². The second kappa shape index (κ2) is 6.60. The summed E-state index contributed by atoms with van der Waals surface area (Å²) < 4.78 is 5.32. The molecule has 0 saturated carbocycles. The highest BCUT2D eigenvalue weighted by Crippen LogP contribution is 2.35. The average molecular weight is 273 g/mol. The van der Waals surface area contributed by atoms with Crippen LogP contribution in [0.25, 0.3) is 0 Å². The minimum absolute atomic E-state index is 0.0494. The smallest absolute Gasteiger partial charge is 0.246 e. The Morgan fingerprint density at radius 1 is 1.50 bits per heavy atom. The van der Waals surface area contributed by atoms with Gasteiger partial charge in [-0.05, 0) is 61.8 Å². The molecule has 3 heteroatoms. The van der Waals surface area contributed by atoms with Gasteiger partial charge in [0.2, 0.25) is 5.91 Å². The third kappa shape index (κ3) is 3.41. The van der Waals surface area contributed by atoms with Crippen molar-refractivity contribution in [2.75, 3.05) is 13.7 Å². The fourth-order valence-corrected chi connectivity index (χ4v) is 2.81. The molecule has 1 N–H and O–H groups in total. The number of ether oxygens (including phenoxy) is 1. The minimum atomic E-state index is -0.0494. The van der Waals surface area contributed by atoms with Gasteiger partial charge < -0.3 is 10.1 Å². The average Bonchev–Trinajstić information content (AvgIpc) is 2.46. The maximum absolute atomic E-state index is 11.5. The number of carbonyl (C=O) groups is 1. The molecule has 1 aromatic rings. The number of aryl methyl sites for hydroxylation is 1. The number of methoxy groups -OCH3 is 1. The highest BCUT2D eigenvalue weighted by Gasteiger charge is 2.20. The molecule has 0 heterocycles. The fraction of sp³-hybridized carbons (Fsp3) is 0.471.